The van der Waals surface area contributed by atoms with Crippen molar-refractivity contribution in [2.45, 2.75) is 26.3 Å². The summed E-state index contributed by atoms with van der Waals surface area (Å²) in [4.78, 5) is 11.7. The highest BCUT2D eigenvalue weighted by Gasteiger charge is 2.32. The lowest BCUT2D eigenvalue weighted by Gasteiger charge is -2.26. The summed E-state index contributed by atoms with van der Waals surface area (Å²) in [6.07, 6.45) is 0.441. The Morgan fingerprint density at radius 1 is 1.42 bits per heavy atom. The SMILES string of the molecule is COC(=O)C(C)(C)CC(N)c1cc(Cl)ccc1OC. The molecule has 4 nitrogen and oxygen atoms in total. The molecule has 0 spiro atoms. The summed E-state index contributed by atoms with van der Waals surface area (Å²) in [7, 11) is 2.94. The Balaban J connectivity index is 2.98. The van der Waals surface area contributed by atoms with Crippen molar-refractivity contribution in [3.63, 3.8) is 0 Å². The molecule has 5 heteroatoms. The zero-order valence-electron chi connectivity index (χ0n) is 11.7. The van der Waals surface area contributed by atoms with Crippen LogP contribution in [-0.2, 0) is 9.53 Å². The first-order valence-corrected chi connectivity index (χ1v) is 6.37. The zero-order valence-corrected chi connectivity index (χ0v) is 12.5. The van der Waals surface area contributed by atoms with Crippen LogP contribution in [-0.4, -0.2) is 20.2 Å². The molecule has 0 amide bonds. The minimum absolute atomic E-state index is 0.288. The van der Waals surface area contributed by atoms with Crippen molar-refractivity contribution >= 4 is 17.6 Å². The largest absolute Gasteiger partial charge is 0.496 e. The lowest BCUT2D eigenvalue weighted by Crippen LogP contribution is -2.30. The highest BCUT2D eigenvalue weighted by atomic mass is 35.5. The van der Waals surface area contributed by atoms with Crippen molar-refractivity contribution in [1.29, 1.82) is 0 Å². The summed E-state index contributed by atoms with van der Waals surface area (Å²) >= 11 is 5.98. The number of methoxy groups -OCH3 is 2. The molecular weight excluding hydrogens is 266 g/mol. The maximum atomic E-state index is 11.7. The van der Waals surface area contributed by atoms with Crippen molar-refractivity contribution in [3.8, 4) is 5.75 Å². The first-order chi connectivity index (χ1) is 8.81. The van der Waals surface area contributed by atoms with Crippen LogP contribution in [0.25, 0.3) is 0 Å². The van der Waals surface area contributed by atoms with Crippen molar-refractivity contribution in [3.05, 3.63) is 28.8 Å². The second-order valence-electron chi connectivity index (χ2n) is 5.07. The number of ether oxygens (including phenoxy) is 2. The van der Waals surface area contributed by atoms with Gasteiger partial charge in [0.15, 0.2) is 0 Å². The minimum atomic E-state index is -0.665. The number of esters is 1. The average Bonchev–Trinajstić information content (AvgIpc) is 2.37. The van der Waals surface area contributed by atoms with E-state index in [1.807, 2.05) is 0 Å². The molecule has 0 saturated heterocycles. The molecule has 1 aromatic rings. The van der Waals surface area contributed by atoms with Crippen LogP contribution >= 0.6 is 11.6 Å². The zero-order chi connectivity index (χ0) is 14.6. The predicted molar refractivity (Wildman–Crippen MR) is 75.3 cm³/mol. The van der Waals surface area contributed by atoms with E-state index in [1.54, 1.807) is 39.2 Å². The fraction of sp³-hybridized carbons (Fsp3) is 0.500. The second-order valence-corrected chi connectivity index (χ2v) is 5.51. The smallest absolute Gasteiger partial charge is 0.311 e. The number of halogens is 1. The number of hydrogen-bond acceptors (Lipinski definition) is 4. The third-order valence-electron chi connectivity index (χ3n) is 3.06. The Kier molecular flexibility index (Phi) is 5.20. The summed E-state index contributed by atoms with van der Waals surface area (Å²) in [5, 5.41) is 0.585. The molecule has 0 bridgehead atoms. The maximum absolute atomic E-state index is 11.7. The van der Waals surface area contributed by atoms with Gasteiger partial charge in [-0.05, 0) is 38.5 Å². The van der Waals surface area contributed by atoms with Gasteiger partial charge in [-0.25, -0.2) is 0 Å². The topological polar surface area (TPSA) is 61.5 Å². The van der Waals surface area contributed by atoms with Gasteiger partial charge < -0.3 is 15.2 Å². The molecule has 2 N–H and O–H groups in total. The van der Waals surface area contributed by atoms with Crippen LogP contribution in [0.2, 0.25) is 5.02 Å². The standard InChI is InChI=1S/C14H20ClNO3/c1-14(2,13(17)19-4)8-11(16)10-7-9(15)5-6-12(10)18-3/h5-7,11H,8,16H2,1-4H3. The monoisotopic (exact) mass is 285 g/mol. The van der Waals surface area contributed by atoms with Crippen LogP contribution in [0.5, 0.6) is 5.75 Å². The Labute approximate surface area is 118 Å². The highest BCUT2D eigenvalue weighted by molar-refractivity contribution is 6.30. The van der Waals surface area contributed by atoms with Gasteiger partial charge in [0.05, 0.1) is 19.6 Å². The molecule has 0 aliphatic carbocycles. The summed E-state index contributed by atoms with van der Waals surface area (Å²) in [6.45, 7) is 3.60. The van der Waals surface area contributed by atoms with Gasteiger partial charge in [-0.1, -0.05) is 11.6 Å². The van der Waals surface area contributed by atoms with E-state index in [1.165, 1.54) is 7.11 Å². The number of rotatable bonds is 5. The van der Waals surface area contributed by atoms with Gasteiger partial charge in [-0.3, -0.25) is 4.79 Å². The van der Waals surface area contributed by atoms with E-state index in [9.17, 15) is 4.79 Å². The Morgan fingerprint density at radius 2 is 2.05 bits per heavy atom. The van der Waals surface area contributed by atoms with E-state index in [0.717, 1.165) is 5.56 Å². The molecule has 19 heavy (non-hydrogen) atoms. The molecule has 0 aliphatic heterocycles. The third kappa shape index (κ3) is 3.85. The van der Waals surface area contributed by atoms with Crippen LogP contribution in [0.4, 0.5) is 0 Å². The fourth-order valence-corrected chi connectivity index (χ4v) is 2.19. The minimum Gasteiger partial charge on any atom is -0.496 e. The Hall–Kier alpha value is -1.26. The van der Waals surface area contributed by atoms with Crippen LogP contribution < -0.4 is 10.5 Å². The molecule has 0 radical (unpaired) electrons. The molecule has 1 rings (SSSR count). The molecule has 106 valence electrons. The number of hydrogen-bond donors (Lipinski definition) is 1. The number of carbonyl (C=O) groups is 1. The van der Waals surface area contributed by atoms with Gasteiger partial charge in [-0.2, -0.15) is 0 Å². The molecule has 0 saturated carbocycles. The lowest BCUT2D eigenvalue weighted by molar-refractivity contribution is -0.151. The molecular formula is C14H20ClNO3. The van der Waals surface area contributed by atoms with Gasteiger partial charge in [0.25, 0.3) is 0 Å². The summed E-state index contributed by atoms with van der Waals surface area (Å²) in [5.41, 5.74) is 6.29. The second kappa shape index (κ2) is 6.26. The molecule has 0 heterocycles. The van der Waals surface area contributed by atoms with Gasteiger partial charge in [0, 0.05) is 16.6 Å². The highest BCUT2D eigenvalue weighted by Crippen LogP contribution is 2.34. The van der Waals surface area contributed by atoms with Gasteiger partial charge in [0.1, 0.15) is 5.75 Å². The number of carbonyl (C=O) groups excluding carboxylic acids is 1. The molecule has 0 fully saturated rings. The van der Waals surface area contributed by atoms with Gasteiger partial charge in [-0.15, -0.1) is 0 Å². The van der Waals surface area contributed by atoms with Crippen molar-refractivity contribution in [2.75, 3.05) is 14.2 Å². The molecule has 1 unspecified atom stereocenters. The maximum Gasteiger partial charge on any atom is 0.311 e. The summed E-state index contributed by atoms with van der Waals surface area (Å²) in [5.74, 6) is 0.376. The van der Waals surface area contributed by atoms with E-state index in [4.69, 9.17) is 26.8 Å². The van der Waals surface area contributed by atoms with Crippen LogP contribution in [0.1, 0.15) is 31.9 Å². The van der Waals surface area contributed by atoms with E-state index in [-0.39, 0.29) is 12.0 Å². The van der Waals surface area contributed by atoms with Crippen molar-refractivity contribution < 1.29 is 14.3 Å². The number of benzene rings is 1. The van der Waals surface area contributed by atoms with E-state index in [2.05, 4.69) is 0 Å². The normalized spacial score (nSPS) is 12.9. The average molecular weight is 286 g/mol. The molecule has 0 aliphatic rings. The van der Waals surface area contributed by atoms with E-state index in [0.29, 0.717) is 17.2 Å². The molecule has 0 aromatic heterocycles. The Morgan fingerprint density at radius 3 is 2.58 bits per heavy atom. The summed E-state index contributed by atoms with van der Waals surface area (Å²) in [6, 6.07) is 4.91. The van der Waals surface area contributed by atoms with E-state index < -0.39 is 5.41 Å². The molecule has 1 aromatic carbocycles. The quantitative estimate of drug-likeness (QED) is 0.845. The van der Waals surface area contributed by atoms with E-state index >= 15 is 0 Å². The van der Waals surface area contributed by atoms with Crippen LogP contribution in [0.3, 0.4) is 0 Å². The third-order valence-corrected chi connectivity index (χ3v) is 3.29. The van der Waals surface area contributed by atoms with Gasteiger partial charge in [0.2, 0.25) is 0 Å². The Bertz CT molecular complexity index is 460. The predicted octanol–water partition coefficient (Wildman–Crippen LogP) is 2.94. The summed E-state index contributed by atoms with van der Waals surface area (Å²) < 4.78 is 10.0. The van der Waals surface area contributed by atoms with Crippen molar-refractivity contribution in [2.24, 2.45) is 11.1 Å². The van der Waals surface area contributed by atoms with Gasteiger partial charge >= 0.3 is 5.97 Å². The first kappa shape index (κ1) is 15.8. The van der Waals surface area contributed by atoms with Crippen molar-refractivity contribution in [1.82, 2.24) is 0 Å². The number of nitrogens with two attached hydrogens (primary N) is 1. The van der Waals surface area contributed by atoms with Crippen LogP contribution in [0.15, 0.2) is 18.2 Å². The first-order valence-electron chi connectivity index (χ1n) is 5.99. The molecule has 1 atom stereocenters. The van der Waals surface area contributed by atoms with Crippen LogP contribution in [0, 0.1) is 5.41 Å². The fourth-order valence-electron chi connectivity index (χ4n) is 2.01. The lowest BCUT2D eigenvalue weighted by atomic mass is 9.83.